The second-order valence-corrected chi connectivity index (χ2v) is 6.63. The Balaban J connectivity index is 2.09. The van der Waals surface area contributed by atoms with Crippen LogP contribution in [0.1, 0.15) is 12.8 Å². The van der Waals surface area contributed by atoms with Crippen molar-refractivity contribution in [2.75, 3.05) is 12.0 Å². The summed E-state index contributed by atoms with van der Waals surface area (Å²) in [6, 6.07) is 2.51. The van der Waals surface area contributed by atoms with E-state index in [2.05, 4.69) is 37.2 Å². The third kappa shape index (κ3) is 2.08. The van der Waals surface area contributed by atoms with Crippen molar-refractivity contribution in [1.82, 2.24) is 5.32 Å². The van der Waals surface area contributed by atoms with Gasteiger partial charge in [-0.1, -0.05) is 0 Å². The van der Waals surface area contributed by atoms with Crippen LogP contribution in [-0.2, 0) is 9.59 Å². The second-order valence-electron chi connectivity index (χ2n) is 4.92. The predicted molar refractivity (Wildman–Crippen MR) is 81.1 cm³/mol. The molecule has 21 heavy (non-hydrogen) atoms. The highest BCUT2D eigenvalue weighted by Crippen LogP contribution is 2.50. The van der Waals surface area contributed by atoms with Crippen LogP contribution in [0.2, 0.25) is 0 Å². The third-order valence-corrected chi connectivity index (χ3v) is 4.94. The van der Waals surface area contributed by atoms with Crippen molar-refractivity contribution < 1.29 is 19.1 Å². The quantitative estimate of drug-likeness (QED) is 0.750. The summed E-state index contributed by atoms with van der Waals surface area (Å²) < 4.78 is 6.41. The highest BCUT2D eigenvalue weighted by atomic mass is 79.9. The first-order valence-electron chi connectivity index (χ1n) is 6.14. The Kier molecular flexibility index (Phi) is 3.32. The largest absolute Gasteiger partial charge is 0.495 e. The number of amides is 4. The normalized spacial score (nSPS) is 19.8. The van der Waals surface area contributed by atoms with E-state index in [0.29, 0.717) is 33.2 Å². The summed E-state index contributed by atoms with van der Waals surface area (Å²) in [4.78, 5) is 37.4. The summed E-state index contributed by atoms with van der Waals surface area (Å²) in [5, 5.41) is 2.24. The van der Waals surface area contributed by atoms with Gasteiger partial charge in [0.25, 0.3) is 5.91 Å². The number of rotatable bonds is 2. The van der Waals surface area contributed by atoms with E-state index in [4.69, 9.17) is 4.74 Å². The van der Waals surface area contributed by atoms with Crippen molar-refractivity contribution in [3.8, 4) is 5.75 Å². The molecule has 1 aromatic rings. The smallest absolute Gasteiger partial charge is 0.335 e. The fraction of sp³-hybridized carbons (Fsp3) is 0.308. The summed E-state index contributed by atoms with van der Waals surface area (Å²) >= 11 is 6.66. The van der Waals surface area contributed by atoms with Gasteiger partial charge in [-0.2, -0.15) is 0 Å². The number of ether oxygens (including phenoxy) is 1. The molecular formula is C13H10Br2N2O4. The van der Waals surface area contributed by atoms with Gasteiger partial charge in [0.05, 0.1) is 17.3 Å². The number of carbonyl (C=O) groups is 3. The number of nitrogens with zero attached hydrogens (tertiary/aromatic N) is 1. The summed E-state index contributed by atoms with van der Waals surface area (Å²) in [7, 11) is 1.49. The van der Waals surface area contributed by atoms with Crippen LogP contribution in [0, 0.1) is 5.41 Å². The van der Waals surface area contributed by atoms with E-state index >= 15 is 0 Å². The van der Waals surface area contributed by atoms with Gasteiger partial charge in [-0.15, -0.1) is 0 Å². The standard InChI is InChI=1S/C13H10Br2N2O4/c1-21-9-5-8(6(14)4-7(9)15)17-11(19)13(2-3-13)10(18)16-12(17)20/h4-5H,2-3H2,1H3,(H,16,18,20). The molecule has 6 nitrogen and oxygen atoms in total. The first kappa shape index (κ1) is 14.5. The number of halogens is 2. The van der Waals surface area contributed by atoms with Gasteiger partial charge in [-0.05, 0) is 50.8 Å². The van der Waals surface area contributed by atoms with E-state index in [-0.39, 0.29) is 0 Å². The molecule has 2 aliphatic rings. The molecule has 0 aromatic heterocycles. The van der Waals surface area contributed by atoms with Crippen LogP contribution in [-0.4, -0.2) is 25.0 Å². The minimum atomic E-state index is -1.08. The predicted octanol–water partition coefficient (Wildman–Crippen LogP) is 2.58. The molecule has 1 aromatic carbocycles. The Morgan fingerprint density at radius 1 is 1.19 bits per heavy atom. The maximum absolute atomic E-state index is 12.5. The lowest BCUT2D eigenvalue weighted by molar-refractivity contribution is -0.136. The molecule has 0 radical (unpaired) electrons. The number of imide groups is 2. The van der Waals surface area contributed by atoms with E-state index in [9.17, 15) is 14.4 Å². The van der Waals surface area contributed by atoms with Crippen molar-refractivity contribution in [2.45, 2.75) is 12.8 Å². The van der Waals surface area contributed by atoms with Crippen LogP contribution in [0.4, 0.5) is 10.5 Å². The Labute approximate surface area is 137 Å². The van der Waals surface area contributed by atoms with E-state index < -0.39 is 23.3 Å². The number of hydrogen-bond acceptors (Lipinski definition) is 4. The number of hydrogen-bond donors (Lipinski definition) is 1. The molecule has 8 heteroatoms. The Morgan fingerprint density at radius 3 is 2.43 bits per heavy atom. The van der Waals surface area contributed by atoms with E-state index in [1.165, 1.54) is 7.11 Å². The lowest BCUT2D eigenvalue weighted by Crippen LogP contribution is -2.59. The molecule has 1 saturated heterocycles. The molecule has 0 unspecified atom stereocenters. The minimum absolute atomic E-state index is 0.344. The van der Waals surface area contributed by atoms with Crippen molar-refractivity contribution in [1.29, 1.82) is 0 Å². The Bertz CT molecular complexity index is 685. The Hall–Kier alpha value is -1.41. The fourth-order valence-electron chi connectivity index (χ4n) is 2.31. The molecule has 1 spiro atoms. The molecule has 0 atom stereocenters. The number of barbiturate groups is 1. The first-order valence-corrected chi connectivity index (χ1v) is 7.72. The van der Waals surface area contributed by atoms with Crippen LogP contribution in [0.5, 0.6) is 5.75 Å². The van der Waals surface area contributed by atoms with Gasteiger partial charge in [0.15, 0.2) is 0 Å². The van der Waals surface area contributed by atoms with Crippen LogP contribution in [0.15, 0.2) is 21.1 Å². The number of carbonyl (C=O) groups excluding carboxylic acids is 3. The zero-order valence-corrected chi connectivity index (χ0v) is 14.1. The van der Waals surface area contributed by atoms with Crippen LogP contribution in [0.3, 0.4) is 0 Å². The average molecular weight is 418 g/mol. The van der Waals surface area contributed by atoms with E-state index in [0.717, 1.165) is 4.90 Å². The minimum Gasteiger partial charge on any atom is -0.495 e. The van der Waals surface area contributed by atoms with E-state index in [1.54, 1.807) is 12.1 Å². The topological polar surface area (TPSA) is 75.7 Å². The molecule has 2 fully saturated rings. The first-order chi connectivity index (χ1) is 9.90. The molecule has 110 valence electrons. The highest BCUT2D eigenvalue weighted by molar-refractivity contribution is 9.11. The molecule has 1 aliphatic heterocycles. The average Bonchev–Trinajstić information content (AvgIpc) is 3.21. The lowest BCUT2D eigenvalue weighted by Gasteiger charge is -2.31. The van der Waals surface area contributed by atoms with Gasteiger partial charge in [0, 0.05) is 10.5 Å². The highest BCUT2D eigenvalue weighted by Gasteiger charge is 2.62. The SMILES string of the molecule is COc1cc(N2C(=O)NC(=O)C3(CC3)C2=O)c(Br)cc1Br. The monoisotopic (exact) mass is 416 g/mol. The number of nitrogens with one attached hydrogen (secondary N) is 1. The molecule has 1 N–H and O–H groups in total. The van der Waals surface area contributed by atoms with Crippen molar-refractivity contribution in [2.24, 2.45) is 5.41 Å². The maximum Gasteiger partial charge on any atom is 0.335 e. The Morgan fingerprint density at radius 2 is 1.86 bits per heavy atom. The second kappa shape index (κ2) is 4.81. The van der Waals surface area contributed by atoms with Crippen molar-refractivity contribution in [3.63, 3.8) is 0 Å². The van der Waals surface area contributed by atoms with Gasteiger partial charge in [0.1, 0.15) is 11.2 Å². The summed E-state index contributed by atoms with van der Waals surface area (Å²) in [6.45, 7) is 0. The number of methoxy groups -OCH3 is 1. The van der Waals surface area contributed by atoms with Gasteiger partial charge < -0.3 is 4.74 Å². The zero-order valence-electron chi connectivity index (χ0n) is 10.9. The number of anilines is 1. The van der Waals surface area contributed by atoms with Gasteiger partial charge in [-0.25, -0.2) is 9.69 Å². The summed E-state index contributed by atoms with van der Waals surface area (Å²) in [5.74, 6) is -0.508. The van der Waals surface area contributed by atoms with Gasteiger partial charge in [-0.3, -0.25) is 14.9 Å². The molecular weight excluding hydrogens is 408 g/mol. The fourth-order valence-corrected chi connectivity index (χ4v) is 3.64. The molecule has 1 heterocycles. The number of urea groups is 1. The summed E-state index contributed by atoms with van der Waals surface area (Å²) in [6.07, 6.45) is 0.930. The van der Waals surface area contributed by atoms with Gasteiger partial charge >= 0.3 is 6.03 Å². The zero-order chi connectivity index (χ0) is 15.4. The molecule has 4 amide bonds. The third-order valence-electron chi connectivity index (χ3n) is 3.68. The van der Waals surface area contributed by atoms with Gasteiger partial charge in [0.2, 0.25) is 5.91 Å². The van der Waals surface area contributed by atoms with Crippen molar-refractivity contribution in [3.05, 3.63) is 21.1 Å². The molecule has 3 rings (SSSR count). The maximum atomic E-state index is 12.5. The van der Waals surface area contributed by atoms with Crippen LogP contribution < -0.4 is 15.0 Å². The van der Waals surface area contributed by atoms with E-state index in [1.807, 2.05) is 0 Å². The van der Waals surface area contributed by atoms with Crippen molar-refractivity contribution >= 4 is 55.4 Å². The summed E-state index contributed by atoms with van der Waals surface area (Å²) in [5.41, 5.74) is -0.732. The molecule has 1 aliphatic carbocycles. The molecule has 1 saturated carbocycles. The lowest BCUT2D eigenvalue weighted by atomic mass is 10.0. The van der Waals surface area contributed by atoms with Crippen LogP contribution >= 0.6 is 31.9 Å². The molecule has 0 bridgehead atoms. The number of benzene rings is 1. The van der Waals surface area contributed by atoms with Crippen LogP contribution in [0.25, 0.3) is 0 Å².